The Labute approximate surface area is 65.2 Å². The number of hydrogen-bond donors (Lipinski definition) is 0. The van der Waals surface area contributed by atoms with Crippen molar-refractivity contribution in [3.8, 4) is 0 Å². The van der Waals surface area contributed by atoms with Crippen molar-refractivity contribution in [3.63, 3.8) is 0 Å². The molecule has 2 aliphatic rings. The lowest BCUT2D eigenvalue weighted by molar-refractivity contribution is -0.923. The molecule has 0 aromatic heterocycles. The Kier molecular flexibility index (Phi) is 1.64. The molecule has 2 saturated heterocycles. The van der Waals surface area contributed by atoms with Gasteiger partial charge in [0.15, 0.2) is 13.2 Å². The molecule has 4 heteroatoms. The Hall–Kier alpha value is -0.160. The molecule has 0 atom stereocenters. The topological polar surface area (TPSA) is 51.5 Å². The first-order chi connectivity index (χ1) is 5.26. The molecular formula is C7H12O4. The van der Waals surface area contributed by atoms with Crippen molar-refractivity contribution in [2.45, 2.75) is 31.5 Å². The second kappa shape index (κ2) is 2.42. The molecule has 2 fully saturated rings. The van der Waals surface area contributed by atoms with Gasteiger partial charge >= 0.3 is 5.79 Å². The maximum Gasteiger partial charge on any atom is 0.380 e. The number of hydrogen-bond acceptors (Lipinski definition) is 2. The zero-order chi connectivity index (χ0) is 7.90. The van der Waals surface area contributed by atoms with Gasteiger partial charge in [-0.3, -0.25) is 0 Å². The fourth-order valence-corrected chi connectivity index (χ4v) is 2.00. The van der Waals surface area contributed by atoms with E-state index in [4.69, 9.17) is 0 Å². The molecule has 0 radical (unpaired) electrons. The minimum atomic E-state index is -0.806. The molecule has 2 heterocycles. The summed E-state index contributed by atoms with van der Waals surface area (Å²) in [4.78, 5) is 0. The van der Waals surface area contributed by atoms with Gasteiger partial charge in [-0.15, -0.1) is 0 Å². The highest BCUT2D eigenvalue weighted by Gasteiger charge is 2.56. The first-order valence-corrected chi connectivity index (χ1v) is 4.03. The third-order valence-corrected chi connectivity index (χ3v) is 2.60. The highest BCUT2D eigenvalue weighted by Crippen LogP contribution is 2.41. The van der Waals surface area contributed by atoms with Crippen LogP contribution in [-0.2, 0) is 9.04 Å². The summed E-state index contributed by atoms with van der Waals surface area (Å²) in [6, 6.07) is 0. The monoisotopic (exact) mass is 160 g/mol. The molecule has 0 unspecified atom stereocenters. The molecule has 2 rings (SSSR count). The Morgan fingerprint density at radius 2 is 1.36 bits per heavy atom. The van der Waals surface area contributed by atoms with E-state index in [0.717, 1.165) is 12.8 Å². The van der Waals surface area contributed by atoms with Crippen molar-refractivity contribution in [1.82, 2.24) is 0 Å². The van der Waals surface area contributed by atoms with Gasteiger partial charge in [0.25, 0.3) is 0 Å². The van der Waals surface area contributed by atoms with Gasteiger partial charge in [0, 0.05) is 12.8 Å². The fraction of sp³-hybridized carbons (Fsp3) is 1.00. The molecule has 4 nitrogen and oxygen atoms in total. The van der Waals surface area contributed by atoms with E-state index in [1.54, 1.807) is 9.04 Å². The maximum absolute atomic E-state index is 11.2. The molecule has 0 N–H and O–H groups in total. The highest BCUT2D eigenvalue weighted by atomic mass is 17.3. The molecular weight excluding hydrogens is 148 g/mol. The zero-order valence-corrected chi connectivity index (χ0v) is 6.38. The first-order valence-electron chi connectivity index (χ1n) is 4.03. The summed E-state index contributed by atoms with van der Waals surface area (Å²) in [7, 11) is 0. The standard InChI is InChI=1S/C7H12O4/c8-10-5-1-3-7(10)4-2-6-11(7)9/h1-6H2. The van der Waals surface area contributed by atoms with Gasteiger partial charge in [-0.2, -0.15) is 0 Å². The lowest BCUT2D eigenvalue weighted by Crippen LogP contribution is -2.52. The summed E-state index contributed by atoms with van der Waals surface area (Å²) >= 11 is 0. The summed E-state index contributed by atoms with van der Waals surface area (Å²) in [6.07, 6.45) is 3.02. The van der Waals surface area contributed by atoms with E-state index in [-0.39, 0.29) is 0 Å². The van der Waals surface area contributed by atoms with Gasteiger partial charge in [-0.25, -0.2) is 0 Å². The van der Waals surface area contributed by atoms with Crippen LogP contribution < -0.4 is 10.5 Å². The van der Waals surface area contributed by atoms with Crippen LogP contribution >= 0.6 is 0 Å². The van der Waals surface area contributed by atoms with E-state index in [9.17, 15) is 10.5 Å². The minimum absolute atomic E-state index is 0.436. The van der Waals surface area contributed by atoms with Crippen LogP contribution in [0.3, 0.4) is 0 Å². The predicted octanol–water partition coefficient (Wildman–Crippen LogP) is -1.07. The van der Waals surface area contributed by atoms with Crippen LogP contribution in [0.4, 0.5) is 0 Å². The largest absolute Gasteiger partial charge is 0.528 e. The van der Waals surface area contributed by atoms with Gasteiger partial charge in [-0.05, 0) is 0 Å². The summed E-state index contributed by atoms with van der Waals surface area (Å²) in [5.41, 5.74) is 0. The molecule has 64 valence electrons. The minimum Gasteiger partial charge on any atom is -0.528 e. The average Bonchev–Trinajstić information content (AvgIpc) is 2.48. The van der Waals surface area contributed by atoms with Gasteiger partial charge < -0.3 is 19.6 Å². The van der Waals surface area contributed by atoms with Crippen LogP contribution in [0.15, 0.2) is 0 Å². The van der Waals surface area contributed by atoms with E-state index in [1.807, 2.05) is 0 Å². The normalized spacial score (nSPS) is 32.2. The number of rotatable bonds is 0. The second-order valence-electron chi connectivity index (χ2n) is 3.22. The van der Waals surface area contributed by atoms with E-state index >= 15 is 0 Å². The Morgan fingerprint density at radius 1 is 0.909 bits per heavy atom. The maximum atomic E-state index is 11.2. The summed E-state index contributed by atoms with van der Waals surface area (Å²) < 4.78 is 3.47. The molecule has 11 heavy (non-hydrogen) atoms. The quantitative estimate of drug-likeness (QED) is 0.334. The van der Waals surface area contributed by atoms with E-state index in [1.165, 1.54) is 0 Å². The van der Waals surface area contributed by atoms with Crippen LogP contribution in [-0.4, -0.2) is 19.0 Å². The van der Waals surface area contributed by atoms with E-state index in [2.05, 4.69) is 0 Å². The summed E-state index contributed by atoms with van der Waals surface area (Å²) in [6.45, 7) is 0.872. The van der Waals surface area contributed by atoms with Crippen molar-refractivity contribution in [2.24, 2.45) is 0 Å². The van der Waals surface area contributed by atoms with Crippen molar-refractivity contribution in [1.29, 1.82) is 0 Å². The Bertz CT molecular complexity index is 141. The molecule has 0 aromatic rings. The fourth-order valence-electron chi connectivity index (χ4n) is 2.00. The third-order valence-electron chi connectivity index (χ3n) is 2.60. The summed E-state index contributed by atoms with van der Waals surface area (Å²) in [5, 5.41) is 22.4. The van der Waals surface area contributed by atoms with Gasteiger partial charge in [0.2, 0.25) is 0 Å². The van der Waals surface area contributed by atoms with Crippen molar-refractivity contribution >= 4 is 0 Å². The molecule has 1 spiro atoms. The van der Waals surface area contributed by atoms with E-state index in [0.29, 0.717) is 26.1 Å². The predicted molar refractivity (Wildman–Crippen MR) is 33.1 cm³/mol. The smallest absolute Gasteiger partial charge is 0.380 e. The van der Waals surface area contributed by atoms with Crippen LogP contribution in [0.5, 0.6) is 0 Å². The lowest BCUT2D eigenvalue weighted by Gasteiger charge is -2.35. The Balaban J connectivity index is 2.19. The van der Waals surface area contributed by atoms with Crippen LogP contribution in [0.25, 0.3) is 0 Å². The van der Waals surface area contributed by atoms with Gasteiger partial charge in [-0.1, -0.05) is 0 Å². The van der Waals surface area contributed by atoms with E-state index < -0.39 is 5.79 Å². The third kappa shape index (κ3) is 0.906. The average molecular weight is 160 g/mol. The highest BCUT2D eigenvalue weighted by molar-refractivity contribution is 4.81. The second-order valence-corrected chi connectivity index (χ2v) is 3.22. The molecule has 0 aromatic carbocycles. The van der Waals surface area contributed by atoms with Crippen LogP contribution in [0, 0.1) is 0 Å². The van der Waals surface area contributed by atoms with Crippen molar-refractivity contribution in [2.75, 3.05) is 13.2 Å². The zero-order valence-electron chi connectivity index (χ0n) is 6.38. The van der Waals surface area contributed by atoms with Crippen LogP contribution in [0.2, 0.25) is 0 Å². The first kappa shape index (κ1) is 7.49. The molecule has 0 saturated carbocycles. The van der Waals surface area contributed by atoms with Crippen LogP contribution in [0.1, 0.15) is 25.7 Å². The molecule has 0 aliphatic carbocycles. The van der Waals surface area contributed by atoms with Gasteiger partial charge in [0.1, 0.15) is 12.8 Å². The SMILES string of the molecule is [O-][O+]1CCCC12CCC[O+]2[O-]. The van der Waals surface area contributed by atoms with Crippen molar-refractivity contribution < 1.29 is 19.6 Å². The molecule has 2 aliphatic heterocycles. The Morgan fingerprint density at radius 3 is 1.64 bits per heavy atom. The van der Waals surface area contributed by atoms with Crippen molar-refractivity contribution in [3.05, 3.63) is 0 Å². The molecule has 0 amide bonds. The van der Waals surface area contributed by atoms with Gasteiger partial charge in [0.05, 0.1) is 0 Å². The summed E-state index contributed by atoms with van der Waals surface area (Å²) in [5.74, 6) is -0.806. The molecule has 0 bridgehead atoms. The lowest BCUT2D eigenvalue weighted by atomic mass is 10.1.